The lowest BCUT2D eigenvalue weighted by Crippen LogP contribution is -2.32. The van der Waals surface area contributed by atoms with Crippen LogP contribution in [0.2, 0.25) is 0 Å². The van der Waals surface area contributed by atoms with Crippen molar-refractivity contribution in [3.63, 3.8) is 0 Å². The Balaban J connectivity index is 1.88. The molecule has 0 fully saturated rings. The highest BCUT2D eigenvalue weighted by molar-refractivity contribution is 7.89. The third-order valence-electron chi connectivity index (χ3n) is 4.28. The fraction of sp³-hybridized carbons (Fsp3) is 0.300. The van der Waals surface area contributed by atoms with Crippen molar-refractivity contribution in [1.82, 2.24) is 9.29 Å². The minimum Gasteiger partial charge on any atom is -0.298 e. The van der Waals surface area contributed by atoms with Crippen LogP contribution in [0.3, 0.4) is 0 Å². The van der Waals surface area contributed by atoms with E-state index in [4.69, 9.17) is 0 Å². The molecule has 0 aliphatic heterocycles. The average molecular weight is 436 g/mol. The highest BCUT2D eigenvalue weighted by Gasteiger charge is 2.24. The Hall–Kier alpha value is -2.36. The summed E-state index contributed by atoms with van der Waals surface area (Å²) in [5, 5.41) is 2.86. The van der Waals surface area contributed by atoms with Crippen LogP contribution in [0.15, 0.2) is 47.4 Å². The van der Waals surface area contributed by atoms with E-state index in [0.717, 1.165) is 24.2 Å². The summed E-state index contributed by atoms with van der Waals surface area (Å²) in [5.41, 5.74) is 0.486. The minimum absolute atomic E-state index is 0.0789. The molecular weight excluding hydrogens is 413 g/mol. The summed E-state index contributed by atoms with van der Waals surface area (Å²) in [6.07, 6.45) is 1.46. The largest absolute Gasteiger partial charge is 0.298 e. The van der Waals surface area contributed by atoms with Gasteiger partial charge in [0, 0.05) is 13.1 Å². The number of carbonyl (C=O) groups excluding carboxylic acids is 1. The maximum atomic E-state index is 13.8. The predicted molar refractivity (Wildman–Crippen MR) is 113 cm³/mol. The number of amides is 1. The first kappa shape index (κ1) is 21.4. The van der Waals surface area contributed by atoms with Gasteiger partial charge in [-0.05, 0) is 43.2 Å². The zero-order valence-electron chi connectivity index (χ0n) is 16.2. The van der Waals surface area contributed by atoms with Gasteiger partial charge in [-0.25, -0.2) is 17.8 Å². The molecule has 1 N–H and O–H groups in total. The Bertz CT molecular complexity index is 1120. The average Bonchev–Trinajstić information content (AvgIpc) is 3.09. The molecule has 6 nitrogen and oxygen atoms in total. The van der Waals surface area contributed by atoms with E-state index in [0.29, 0.717) is 23.3 Å². The highest BCUT2D eigenvalue weighted by atomic mass is 32.2. The summed E-state index contributed by atoms with van der Waals surface area (Å²) in [6.45, 7) is 4.80. The summed E-state index contributed by atoms with van der Waals surface area (Å²) in [6, 6.07) is 10.4. The number of carbonyl (C=O) groups is 1. The van der Waals surface area contributed by atoms with Crippen molar-refractivity contribution in [2.75, 3.05) is 18.4 Å². The standard InChI is InChI=1S/C20H22FN3O3S2/c1-3-11-24(12-4-2)29(26,27)14-9-10-17-18(13-14)28-20(22-17)23-19(25)15-7-5-6-8-16(15)21/h5-10,13H,3-4,11-12H2,1-2H3,(H,22,23,25). The number of sulfonamides is 1. The van der Waals surface area contributed by atoms with Crippen LogP contribution in [0.1, 0.15) is 37.0 Å². The summed E-state index contributed by atoms with van der Waals surface area (Å²) in [5.74, 6) is -1.22. The van der Waals surface area contributed by atoms with Crippen molar-refractivity contribution >= 4 is 42.6 Å². The molecule has 29 heavy (non-hydrogen) atoms. The molecule has 3 aromatic rings. The van der Waals surface area contributed by atoms with Crippen LogP contribution in [-0.2, 0) is 10.0 Å². The predicted octanol–water partition coefficient (Wildman–Crippen LogP) is 4.50. The van der Waals surface area contributed by atoms with Crippen molar-refractivity contribution < 1.29 is 17.6 Å². The molecule has 0 atom stereocenters. The molecule has 1 aromatic heterocycles. The van der Waals surface area contributed by atoms with Gasteiger partial charge >= 0.3 is 0 Å². The molecular formula is C20H22FN3O3S2. The lowest BCUT2D eigenvalue weighted by molar-refractivity contribution is 0.102. The molecule has 3 rings (SSSR count). The van der Waals surface area contributed by atoms with Crippen LogP contribution in [-0.4, -0.2) is 36.7 Å². The number of aromatic nitrogens is 1. The van der Waals surface area contributed by atoms with E-state index in [1.165, 1.54) is 28.6 Å². The van der Waals surface area contributed by atoms with Crippen LogP contribution < -0.4 is 5.32 Å². The SMILES string of the molecule is CCCN(CCC)S(=O)(=O)c1ccc2nc(NC(=O)c3ccccc3F)sc2c1. The number of hydrogen-bond acceptors (Lipinski definition) is 5. The third-order valence-corrected chi connectivity index (χ3v) is 7.11. The van der Waals surface area contributed by atoms with Crippen molar-refractivity contribution in [2.24, 2.45) is 0 Å². The molecule has 2 aromatic carbocycles. The maximum Gasteiger partial charge on any atom is 0.260 e. The zero-order valence-corrected chi connectivity index (χ0v) is 17.8. The number of thiazole rings is 1. The van der Waals surface area contributed by atoms with Crippen LogP contribution in [0.5, 0.6) is 0 Å². The first-order valence-corrected chi connectivity index (χ1v) is 11.6. The molecule has 0 unspecified atom stereocenters. The van der Waals surface area contributed by atoms with E-state index in [-0.39, 0.29) is 15.6 Å². The Morgan fingerprint density at radius 1 is 1.14 bits per heavy atom. The van der Waals surface area contributed by atoms with Crippen molar-refractivity contribution in [1.29, 1.82) is 0 Å². The lowest BCUT2D eigenvalue weighted by atomic mass is 10.2. The Morgan fingerprint density at radius 3 is 2.48 bits per heavy atom. The van der Waals surface area contributed by atoms with E-state index in [9.17, 15) is 17.6 Å². The van der Waals surface area contributed by atoms with Gasteiger partial charge < -0.3 is 0 Å². The van der Waals surface area contributed by atoms with Gasteiger partial charge in [0.15, 0.2) is 5.13 Å². The Labute approximate surface area is 173 Å². The fourth-order valence-electron chi connectivity index (χ4n) is 2.93. The van der Waals surface area contributed by atoms with E-state index in [1.54, 1.807) is 18.2 Å². The number of anilines is 1. The van der Waals surface area contributed by atoms with Gasteiger partial charge in [0.25, 0.3) is 5.91 Å². The number of hydrogen-bond donors (Lipinski definition) is 1. The summed E-state index contributed by atoms with van der Waals surface area (Å²) < 4.78 is 41.8. The summed E-state index contributed by atoms with van der Waals surface area (Å²) in [7, 11) is -3.60. The molecule has 1 amide bonds. The van der Waals surface area contributed by atoms with Crippen LogP contribution in [0.25, 0.3) is 10.2 Å². The van der Waals surface area contributed by atoms with Crippen LogP contribution >= 0.6 is 11.3 Å². The second-order valence-electron chi connectivity index (χ2n) is 6.49. The molecule has 9 heteroatoms. The molecule has 1 heterocycles. The monoisotopic (exact) mass is 435 g/mol. The van der Waals surface area contributed by atoms with E-state index in [1.807, 2.05) is 13.8 Å². The van der Waals surface area contributed by atoms with Gasteiger partial charge in [0.05, 0.1) is 20.7 Å². The fourth-order valence-corrected chi connectivity index (χ4v) is 5.55. The topological polar surface area (TPSA) is 79.4 Å². The van der Waals surface area contributed by atoms with Crippen LogP contribution in [0.4, 0.5) is 9.52 Å². The van der Waals surface area contributed by atoms with E-state index in [2.05, 4.69) is 10.3 Å². The molecule has 0 aliphatic carbocycles. The number of benzene rings is 2. The van der Waals surface area contributed by atoms with E-state index < -0.39 is 21.7 Å². The smallest absolute Gasteiger partial charge is 0.260 e. The highest BCUT2D eigenvalue weighted by Crippen LogP contribution is 2.29. The maximum absolute atomic E-state index is 13.8. The zero-order chi connectivity index (χ0) is 21.0. The van der Waals surface area contributed by atoms with Crippen molar-refractivity contribution in [3.8, 4) is 0 Å². The second kappa shape index (κ2) is 8.98. The number of halogens is 1. The first-order valence-electron chi connectivity index (χ1n) is 9.33. The minimum atomic E-state index is -3.60. The summed E-state index contributed by atoms with van der Waals surface area (Å²) >= 11 is 1.15. The molecule has 0 saturated carbocycles. The summed E-state index contributed by atoms with van der Waals surface area (Å²) in [4.78, 5) is 16.8. The van der Waals surface area contributed by atoms with Gasteiger partial charge in [-0.1, -0.05) is 37.3 Å². The van der Waals surface area contributed by atoms with Gasteiger partial charge in [-0.2, -0.15) is 4.31 Å². The van der Waals surface area contributed by atoms with Gasteiger partial charge in [0.1, 0.15) is 5.82 Å². The van der Waals surface area contributed by atoms with Gasteiger partial charge in [0.2, 0.25) is 10.0 Å². The number of nitrogens with zero attached hydrogens (tertiary/aromatic N) is 2. The molecule has 0 spiro atoms. The van der Waals surface area contributed by atoms with Gasteiger partial charge in [-0.3, -0.25) is 10.1 Å². The number of nitrogens with one attached hydrogen (secondary N) is 1. The van der Waals surface area contributed by atoms with E-state index >= 15 is 0 Å². The van der Waals surface area contributed by atoms with Crippen LogP contribution in [0, 0.1) is 5.82 Å². The lowest BCUT2D eigenvalue weighted by Gasteiger charge is -2.20. The molecule has 0 radical (unpaired) electrons. The van der Waals surface area contributed by atoms with Crippen molar-refractivity contribution in [3.05, 3.63) is 53.8 Å². The Kier molecular flexibility index (Phi) is 6.61. The normalized spacial score (nSPS) is 11.9. The second-order valence-corrected chi connectivity index (χ2v) is 9.46. The van der Waals surface area contributed by atoms with Gasteiger partial charge in [-0.15, -0.1) is 0 Å². The molecule has 0 aliphatic rings. The third kappa shape index (κ3) is 4.63. The Morgan fingerprint density at radius 2 is 1.83 bits per heavy atom. The molecule has 154 valence electrons. The number of rotatable bonds is 8. The first-order chi connectivity index (χ1) is 13.9. The molecule has 0 saturated heterocycles. The molecule has 0 bridgehead atoms. The quantitative estimate of drug-likeness (QED) is 0.565. The van der Waals surface area contributed by atoms with Crippen molar-refractivity contribution in [2.45, 2.75) is 31.6 Å². The number of fused-ring (bicyclic) bond motifs is 1.